The molecule has 126 valence electrons. The molecule has 3 heterocycles. The average Bonchev–Trinajstić information content (AvgIpc) is 3.23. The Morgan fingerprint density at radius 1 is 1.33 bits per heavy atom. The number of anilines is 1. The van der Waals surface area contributed by atoms with E-state index in [2.05, 4.69) is 21.3 Å². The molecule has 0 aromatic carbocycles. The van der Waals surface area contributed by atoms with E-state index in [9.17, 15) is 9.59 Å². The summed E-state index contributed by atoms with van der Waals surface area (Å²) in [6, 6.07) is 5.69. The first kappa shape index (κ1) is 16.1. The molecule has 0 aliphatic carbocycles. The van der Waals surface area contributed by atoms with Gasteiger partial charge in [-0.3, -0.25) is 13.9 Å². The van der Waals surface area contributed by atoms with Crippen LogP contribution in [0.2, 0.25) is 0 Å². The summed E-state index contributed by atoms with van der Waals surface area (Å²) in [5.41, 5.74) is 0.977. The highest BCUT2D eigenvalue weighted by Gasteiger charge is 2.24. The quantitative estimate of drug-likeness (QED) is 0.799. The Labute approximate surface area is 138 Å². The molecule has 0 spiro atoms. The van der Waals surface area contributed by atoms with E-state index in [4.69, 9.17) is 5.26 Å². The van der Waals surface area contributed by atoms with Gasteiger partial charge in [0.25, 0.3) is 5.56 Å². The van der Waals surface area contributed by atoms with Crippen LogP contribution in [0.4, 0.5) is 5.82 Å². The van der Waals surface area contributed by atoms with Gasteiger partial charge in [-0.2, -0.15) is 5.26 Å². The lowest BCUT2D eigenvalue weighted by Crippen LogP contribution is -2.40. The third-order valence-electron chi connectivity index (χ3n) is 4.47. The Morgan fingerprint density at radius 2 is 2.12 bits per heavy atom. The van der Waals surface area contributed by atoms with Crippen molar-refractivity contribution in [2.75, 3.05) is 18.0 Å². The van der Waals surface area contributed by atoms with E-state index in [1.807, 2.05) is 6.07 Å². The van der Waals surface area contributed by atoms with Crippen LogP contribution in [0.25, 0.3) is 0 Å². The van der Waals surface area contributed by atoms with Crippen LogP contribution in [0.3, 0.4) is 0 Å². The highest BCUT2D eigenvalue weighted by molar-refractivity contribution is 5.40. The van der Waals surface area contributed by atoms with Crippen LogP contribution in [-0.4, -0.2) is 33.2 Å². The zero-order chi connectivity index (χ0) is 17.3. The van der Waals surface area contributed by atoms with Crippen molar-refractivity contribution in [3.8, 4) is 6.07 Å². The van der Waals surface area contributed by atoms with Crippen molar-refractivity contribution < 1.29 is 0 Å². The molecule has 0 unspecified atom stereocenters. The minimum atomic E-state index is -0.315. The maximum atomic E-state index is 12.0. The molecule has 8 heteroatoms. The van der Waals surface area contributed by atoms with Gasteiger partial charge in [0.05, 0.1) is 5.56 Å². The Hall–Kier alpha value is -2.79. The summed E-state index contributed by atoms with van der Waals surface area (Å²) in [5, 5.41) is 12.3. The molecule has 3 rings (SSSR count). The molecule has 24 heavy (non-hydrogen) atoms. The van der Waals surface area contributed by atoms with Gasteiger partial charge in [0.1, 0.15) is 11.9 Å². The number of hydrogen-bond donors (Lipinski definition) is 2. The summed E-state index contributed by atoms with van der Waals surface area (Å²) in [6.07, 6.45) is 2.61. The molecule has 1 fully saturated rings. The van der Waals surface area contributed by atoms with E-state index < -0.39 is 0 Å². The van der Waals surface area contributed by atoms with Gasteiger partial charge in [0, 0.05) is 57.7 Å². The van der Waals surface area contributed by atoms with Crippen molar-refractivity contribution in [2.24, 2.45) is 14.1 Å². The standard InChI is InChI=1S/C16H20N6O2/c1-20-14(6-15(23)21(2)16(20)24)22-4-3-12(10-22)19-9-13-5-11(7-17)8-18-13/h5-6,8,12,18-19H,3-4,9-10H2,1-2H3/t12-/m0/s1. The predicted molar refractivity (Wildman–Crippen MR) is 89.9 cm³/mol. The van der Waals surface area contributed by atoms with Gasteiger partial charge in [-0.15, -0.1) is 0 Å². The minimum absolute atomic E-state index is 0.262. The van der Waals surface area contributed by atoms with Crippen molar-refractivity contribution in [2.45, 2.75) is 19.0 Å². The smallest absolute Gasteiger partial charge is 0.332 e. The fourth-order valence-corrected chi connectivity index (χ4v) is 3.02. The molecule has 2 aromatic rings. The van der Waals surface area contributed by atoms with Gasteiger partial charge in [0.15, 0.2) is 0 Å². The van der Waals surface area contributed by atoms with Gasteiger partial charge in [-0.1, -0.05) is 0 Å². The number of nitrogens with zero attached hydrogens (tertiary/aromatic N) is 4. The van der Waals surface area contributed by atoms with Crippen LogP contribution in [0.5, 0.6) is 0 Å². The van der Waals surface area contributed by atoms with Gasteiger partial charge in [-0.25, -0.2) is 4.79 Å². The molecule has 1 aliphatic heterocycles. The zero-order valence-electron chi connectivity index (χ0n) is 13.7. The summed E-state index contributed by atoms with van der Waals surface area (Å²) < 4.78 is 2.61. The normalized spacial score (nSPS) is 17.2. The maximum Gasteiger partial charge on any atom is 0.332 e. The second-order valence-corrected chi connectivity index (χ2v) is 6.08. The van der Waals surface area contributed by atoms with E-state index in [1.165, 1.54) is 17.7 Å². The molecule has 8 nitrogen and oxygen atoms in total. The van der Waals surface area contributed by atoms with Gasteiger partial charge >= 0.3 is 5.69 Å². The number of aromatic amines is 1. The number of nitriles is 1. The molecule has 0 radical (unpaired) electrons. The zero-order valence-corrected chi connectivity index (χ0v) is 13.7. The molecule has 2 aromatic heterocycles. The topological polar surface area (TPSA) is 98.8 Å². The van der Waals surface area contributed by atoms with E-state index in [-0.39, 0.29) is 17.3 Å². The van der Waals surface area contributed by atoms with Crippen LogP contribution in [0.1, 0.15) is 17.7 Å². The Bertz CT molecular complexity index is 901. The maximum absolute atomic E-state index is 12.0. The summed E-state index contributed by atoms with van der Waals surface area (Å²) in [5.74, 6) is 0.652. The lowest BCUT2D eigenvalue weighted by atomic mass is 10.2. The van der Waals surface area contributed by atoms with Crippen LogP contribution >= 0.6 is 0 Å². The predicted octanol–water partition coefficient (Wildman–Crippen LogP) is -0.348. The first-order valence-corrected chi connectivity index (χ1v) is 7.82. The monoisotopic (exact) mass is 328 g/mol. The third kappa shape index (κ3) is 2.98. The van der Waals surface area contributed by atoms with Crippen molar-refractivity contribution in [3.05, 3.63) is 50.4 Å². The average molecular weight is 328 g/mol. The van der Waals surface area contributed by atoms with Gasteiger partial charge < -0.3 is 15.2 Å². The first-order valence-electron chi connectivity index (χ1n) is 7.82. The van der Waals surface area contributed by atoms with Crippen LogP contribution in [-0.2, 0) is 20.6 Å². The highest BCUT2D eigenvalue weighted by Crippen LogP contribution is 2.17. The molecule has 1 atom stereocenters. The van der Waals surface area contributed by atoms with Crippen LogP contribution in [0.15, 0.2) is 27.9 Å². The largest absolute Gasteiger partial charge is 0.363 e. The van der Waals surface area contributed by atoms with E-state index in [0.29, 0.717) is 17.9 Å². The Balaban J connectivity index is 1.67. The number of nitrogens with one attached hydrogen (secondary N) is 2. The molecule has 0 amide bonds. The SMILES string of the molecule is Cn1c(N2CC[C@H](NCc3cc(C#N)c[nH]3)C2)cc(=O)n(C)c1=O. The number of H-pyrrole nitrogens is 1. The van der Waals surface area contributed by atoms with E-state index >= 15 is 0 Å². The second kappa shape index (κ2) is 6.37. The minimum Gasteiger partial charge on any atom is -0.363 e. The van der Waals surface area contributed by atoms with Gasteiger partial charge in [-0.05, 0) is 12.5 Å². The summed E-state index contributed by atoms with van der Waals surface area (Å²) in [4.78, 5) is 29.0. The molecule has 2 N–H and O–H groups in total. The number of aromatic nitrogens is 3. The van der Waals surface area contributed by atoms with Crippen molar-refractivity contribution in [1.82, 2.24) is 19.4 Å². The number of hydrogen-bond acceptors (Lipinski definition) is 5. The first-order chi connectivity index (χ1) is 11.5. The molecule has 0 saturated carbocycles. The summed E-state index contributed by atoms with van der Waals surface area (Å²) in [7, 11) is 3.16. The highest BCUT2D eigenvalue weighted by atomic mass is 16.2. The Morgan fingerprint density at radius 3 is 2.83 bits per heavy atom. The van der Waals surface area contributed by atoms with E-state index in [1.54, 1.807) is 13.2 Å². The fourth-order valence-electron chi connectivity index (χ4n) is 3.02. The van der Waals surface area contributed by atoms with Crippen molar-refractivity contribution >= 4 is 5.82 Å². The molecular weight excluding hydrogens is 308 g/mol. The van der Waals surface area contributed by atoms with E-state index in [0.717, 1.165) is 29.8 Å². The summed E-state index contributed by atoms with van der Waals surface area (Å²) in [6.45, 7) is 2.16. The van der Waals surface area contributed by atoms with Gasteiger partial charge in [0.2, 0.25) is 0 Å². The number of rotatable bonds is 4. The second-order valence-electron chi connectivity index (χ2n) is 6.08. The van der Waals surface area contributed by atoms with Crippen LogP contribution < -0.4 is 21.5 Å². The molecule has 1 aliphatic rings. The molecule has 0 bridgehead atoms. The summed E-state index contributed by atoms with van der Waals surface area (Å²) >= 11 is 0. The lowest BCUT2D eigenvalue weighted by Gasteiger charge is -2.21. The van der Waals surface area contributed by atoms with Crippen LogP contribution in [0, 0.1) is 11.3 Å². The molecule has 1 saturated heterocycles. The lowest BCUT2D eigenvalue weighted by molar-refractivity contribution is 0.545. The van der Waals surface area contributed by atoms with Crippen molar-refractivity contribution in [3.63, 3.8) is 0 Å². The Kier molecular flexibility index (Phi) is 4.27. The molecular formula is C16H20N6O2. The third-order valence-corrected chi connectivity index (χ3v) is 4.47. The van der Waals surface area contributed by atoms with Crippen molar-refractivity contribution in [1.29, 1.82) is 5.26 Å². The fraction of sp³-hybridized carbons (Fsp3) is 0.438.